The molecule has 0 radical (unpaired) electrons. The molecule has 0 amide bonds. The standard InChI is InChI=1S/C29H26BrN3O3S2/c1-17(2)36-28(35)25-18(3)31-29-33(26(25)19-7-13-23(37-4)14-8-19)27(34)24(38-29)16-22-6-5-15-32(22)21-11-9-20(30)10-12-21/h5-17,26H,1-4H3/b24-16+/t26-/m1/s1. The molecule has 0 bridgehead atoms. The molecule has 0 saturated heterocycles. The summed E-state index contributed by atoms with van der Waals surface area (Å²) < 4.78 is 10.8. The maximum absolute atomic E-state index is 13.9. The van der Waals surface area contributed by atoms with Crippen molar-refractivity contribution in [2.24, 2.45) is 4.99 Å². The van der Waals surface area contributed by atoms with Crippen molar-refractivity contribution in [1.29, 1.82) is 0 Å². The summed E-state index contributed by atoms with van der Waals surface area (Å²) in [5.74, 6) is -0.460. The van der Waals surface area contributed by atoms with Crippen LogP contribution < -0.4 is 14.9 Å². The van der Waals surface area contributed by atoms with Gasteiger partial charge in [0.05, 0.1) is 27.9 Å². The molecule has 9 heteroatoms. The van der Waals surface area contributed by atoms with Crippen molar-refractivity contribution in [3.63, 3.8) is 0 Å². The van der Waals surface area contributed by atoms with E-state index in [2.05, 4.69) is 15.9 Å². The van der Waals surface area contributed by atoms with Crippen molar-refractivity contribution >= 4 is 51.1 Å². The van der Waals surface area contributed by atoms with Crippen LogP contribution in [-0.2, 0) is 9.53 Å². The minimum absolute atomic E-state index is 0.196. The molecule has 194 valence electrons. The lowest BCUT2D eigenvalue weighted by atomic mass is 9.96. The molecule has 1 aliphatic rings. The smallest absolute Gasteiger partial charge is 0.338 e. The predicted molar refractivity (Wildman–Crippen MR) is 157 cm³/mol. The van der Waals surface area contributed by atoms with Gasteiger partial charge in [0.1, 0.15) is 0 Å². The van der Waals surface area contributed by atoms with Gasteiger partial charge in [0.25, 0.3) is 5.56 Å². The number of fused-ring (bicyclic) bond motifs is 1. The van der Waals surface area contributed by atoms with Crippen molar-refractivity contribution in [2.45, 2.75) is 37.8 Å². The van der Waals surface area contributed by atoms with Crippen LogP contribution in [0, 0.1) is 0 Å². The Morgan fingerprint density at radius 1 is 1.13 bits per heavy atom. The number of carbonyl (C=O) groups is 1. The van der Waals surface area contributed by atoms with Gasteiger partial charge in [-0.3, -0.25) is 9.36 Å². The molecule has 0 spiro atoms. The highest BCUT2D eigenvalue weighted by atomic mass is 79.9. The van der Waals surface area contributed by atoms with E-state index in [1.165, 1.54) is 11.3 Å². The number of thioether (sulfide) groups is 1. The Balaban J connectivity index is 1.68. The van der Waals surface area contributed by atoms with Crippen LogP contribution in [0.4, 0.5) is 0 Å². The number of carbonyl (C=O) groups excluding carboxylic acids is 1. The molecule has 4 aromatic rings. The SMILES string of the molecule is CSc1ccc([C@@H]2C(C(=O)OC(C)C)=C(C)N=c3s/c(=C/c4cccn4-c4ccc(Br)cc4)c(=O)n32)cc1. The summed E-state index contributed by atoms with van der Waals surface area (Å²) in [6.07, 6.45) is 5.56. The monoisotopic (exact) mass is 607 g/mol. The van der Waals surface area contributed by atoms with Gasteiger partial charge in [-0.2, -0.15) is 0 Å². The number of nitrogens with zero attached hydrogens (tertiary/aromatic N) is 3. The lowest BCUT2D eigenvalue weighted by molar-refractivity contribution is -0.143. The van der Waals surface area contributed by atoms with Crippen molar-refractivity contribution in [1.82, 2.24) is 9.13 Å². The molecule has 0 saturated carbocycles. The third-order valence-corrected chi connectivity index (χ3v) is 8.44. The number of benzene rings is 2. The summed E-state index contributed by atoms with van der Waals surface area (Å²) in [5, 5.41) is 0. The molecular formula is C29H26BrN3O3S2. The number of rotatable bonds is 6. The molecule has 2 aromatic heterocycles. The van der Waals surface area contributed by atoms with Gasteiger partial charge in [0.2, 0.25) is 0 Å². The minimum atomic E-state index is -0.631. The highest BCUT2D eigenvalue weighted by Gasteiger charge is 2.33. The largest absolute Gasteiger partial charge is 0.459 e. The third-order valence-electron chi connectivity index (χ3n) is 6.18. The Kier molecular flexibility index (Phi) is 7.61. The highest BCUT2D eigenvalue weighted by Crippen LogP contribution is 2.32. The second-order valence-electron chi connectivity index (χ2n) is 9.09. The number of halogens is 1. The number of ether oxygens (including phenoxy) is 1. The summed E-state index contributed by atoms with van der Waals surface area (Å²) >= 11 is 6.44. The molecule has 2 aromatic carbocycles. The average molecular weight is 609 g/mol. The lowest BCUT2D eigenvalue weighted by Crippen LogP contribution is -2.40. The molecule has 0 unspecified atom stereocenters. The average Bonchev–Trinajstić information content (AvgIpc) is 3.47. The molecule has 1 aliphatic heterocycles. The van der Waals surface area contributed by atoms with Crippen molar-refractivity contribution in [3.8, 4) is 5.69 Å². The van der Waals surface area contributed by atoms with E-state index in [-0.39, 0.29) is 11.7 Å². The predicted octanol–water partition coefficient (Wildman–Crippen LogP) is 5.46. The van der Waals surface area contributed by atoms with Crippen LogP contribution in [-0.4, -0.2) is 27.5 Å². The second-order valence-corrected chi connectivity index (χ2v) is 11.9. The van der Waals surface area contributed by atoms with Crippen molar-refractivity contribution in [2.75, 3.05) is 6.26 Å². The van der Waals surface area contributed by atoms with Crippen LogP contribution in [0.2, 0.25) is 0 Å². The maximum Gasteiger partial charge on any atom is 0.338 e. The summed E-state index contributed by atoms with van der Waals surface area (Å²) in [5.41, 5.74) is 3.43. The van der Waals surface area contributed by atoms with E-state index in [9.17, 15) is 9.59 Å². The quantitative estimate of drug-likeness (QED) is 0.216. The van der Waals surface area contributed by atoms with Gasteiger partial charge >= 0.3 is 5.97 Å². The fraction of sp³-hybridized carbons (Fsp3) is 0.207. The van der Waals surface area contributed by atoms with E-state index in [4.69, 9.17) is 9.73 Å². The number of allylic oxidation sites excluding steroid dienone is 1. The van der Waals surface area contributed by atoms with Crippen LogP contribution in [0.5, 0.6) is 0 Å². The Morgan fingerprint density at radius 3 is 2.50 bits per heavy atom. The maximum atomic E-state index is 13.9. The summed E-state index contributed by atoms with van der Waals surface area (Å²) in [4.78, 5) is 33.5. The van der Waals surface area contributed by atoms with E-state index >= 15 is 0 Å². The highest BCUT2D eigenvalue weighted by molar-refractivity contribution is 9.10. The van der Waals surface area contributed by atoms with E-state index < -0.39 is 12.0 Å². The van der Waals surface area contributed by atoms with Crippen molar-refractivity contribution in [3.05, 3.63) is 114 Å². The molecule has 3 heterocycles. The van der Waals surface area contributed by atoms with E-state index in [0.29, 0.717) is 20.6 Å². The molecule has 38 heavy (non-hydrogen) atoms. The molecular weight excluding hydrogens is 582 g/mol. The Morgan fingerprint density at radius 2 is 1.84 bits per heavy atom. The zero-order valence-electron chi connectivity index (χ0n) is 21.3. The van der Waals surface area contributed by atoms with Gasteiger partial charge in [0, 0.05) is 26.9 Å². The van der Waals surface area contributed by atoms with Crippen LogP contribution in [0.3, 0.4) is 0 Å². The van der Waals surface area contributed by atoms with Gasteiger partial charge in [0.15, 0.2) is 4.80 Å². The lowest BCUT2D eigenvalue weighted by Gasteiger charge is -2.25. The Bertz CT molecular complexity index is 1710. The normalized spacial score (nSPS) is 15.5. The molecule has 0 N–H and O–H groups in total. The first-order valence-electron chi connectivity index (χ1n) is 12.1. The van der Waals surface area contributed by atoms with Gasteiger partial charge < -0.3 is 9.30 Å². The number of aromatic nitrogens is 2. The first kappa shape index (κ1) is 26.5. The minimum Gasteiger partial charge on any atom is -0.459 e. The summed E-state index contributed by atoms with van der Waals surface area (Å²) in [6.45, 7) is 5.42. The van der Waals surface area contributed by atoms with Crippen LogP contribution in [0.15, 0.2) is 97.3 Å². The Hall–Kier alpha value is -3.14. The summed E-state index contributed by atoms with van der Waals surface area (Å²) in [6, 6.07) is 19.2. The Labute approximate surface area is 237 Å². The van der Waals surface area contributed by atoms with Crippen LogP contribution in [0.1, 0.15) is 38.1 Å². The second kappa shape index (κ2) is 10.9. The van der Waals surface area contributed by atoms with Crippen LogP contribution in [0.25, 0.3) is 11.8 Å². The van der Waals surface area contributed by atoms with Gasteiger partial charge in [-0.05, 0) is 87.2 Å². The van der Waals surface area contributed by atoms with E-state index in [0.717, 1.165) is 26.3 Å². The zero-order chi connectivity index (χ0) is 27.0. The number of esters is 1. The van der Waals surface area contributed by atoms with Crippen LogP contribution >= 0.6 is 39.0 Å². The fourth-order valence-corrected chi connectivity index (χ4v) is 6.15. The first-order valence-corrected chi connectivity index (χ1v) is 14.9. The number of hydrogen-bond acceptors (Lipinski definition) is 6. The molecule has 6 nitrogen and oxygen atoms in total. The topological polar surface area (TPSA) is 65.6 Å². The first-order chi connectivity index (χ1) is 18.3. The van der Waals surface area contributed by atoms with Gasteiger partial charge in [-0.15, -0.1) is 11.8 Å². The van der Waals surface area contributed by atoms with E-state index in [1.54, 1.807) is 23.3 Å². The van der Waals surface area contributed by atoms with Crippen molar-refractivity contribution < 1.29 is 9.53 Å². The summed E-state index contributed by atoms with van der Waals surface area (Å²) in [7, 11) is 0. The van der Waals surface area contributed by atoms with Gasteiger partial charge in [-0.25, -0.2) is 9.79 Å². The molecule has 0 fully saturated rings. The van der Waals surface area contributed by atoms with E-state index in [1.807, 2.05) is 97.6 Å². The molecule has 5 rings (SSSR count). The molecule has 1 atom stereocenters. The van der Waals surface area contributed by atoms with Gasteiger partial charge in [-0.1, -0.05) is 39.4 Å². The molecule has 0 aliphatic carbocycles. The fourth-order valence-electron chi connectivity index (χ4n) is 4.44. The zero-order valence-corrected chi connectivity index (χ0v) is 24.6. The number of hydrogen-bond donors (Lipinski definition) is 0. The number of thiazole rings is 1. The third kappa shape index (κ3) is 5.10.